The zero-order valence-electron chi connectivity index (χ0n) is 14.7. The van der Waals surface area contributed by atoms with Gasteiger partial charge in [0, 0.05) is 16.0 Å². The predicted molar refractivity (Wildman–Crippen MR) is 93.9 cm³/mol. The maximum atomic E-state index is 13.4. The first-order valence-electron chi connectivity index (χ1n) is 8.41. The molecule has 0 bridgehead atoms. The number of benzene rings is 1. The van der Waals surface area contributed by atoms with Crippen LogP contribution in [0.5, 0.6) is 0 Å². The van der Waals surface area contributed by atoms with E-state index in [1.165, 1.54) is 0 Å². The van der Waals surface area contributed by atoms with Gasteiger partial charge in [0.05, 0.1) is 12.0 Å². The molecular weight excluding hydrogens is 388 g/mol. The molecule has 1 aliphatic heterocycles. The Hall–Kier alpha value is -1.69. The molecule has 1 saturated carbocycles. The number of halogens is 1. The van der Waals surface area contributed by atoms with Crippen LogP contribution in [-0.2, 0) is 19.1 Å². The first-order valence-corrected chi connectivity index (χ1v) is 9.20. The summed E-state index contributed by atoms with van der Waals surface area (Å²) in [5.74, 6) is -2.03. The third kappa shape index (κ3) is 2.09. The molecule has 134 valence electrons. The number of ether oxygens (including phenoxy) is 2. The highest BCUT2D eigenvalue weighted by Crippen LogP contribution is 2.80. The van der Waals surface area contributed by atoms with E-state index in [0.717, 1.165) is 4.47 Å². The maximum absolute atomic E-state index is 13.4. The smallest absolute Gasteiger partial charge is 0.325 e. The highest BCUT2D eigenvalue weighted by atomic mass is 79.9. The van der Waals surface area contributed by atoms with Gasteiger partial charge >= 0.3 is 11.9 Å². The van der Waals surface area contributed by atoms with Gasteiger partial charge in [-0.15, -0.1) is 0 Å². The molecule has 2 aliphatic rings. The summed E-state index contributed by atoms with van der Waals surface area (Å²) in [6.07, 6.45) is 0.365. The van der Waals surface area contributed by atoms with Crippen LogP contribution in [0.1, 0.15) is 44.5 Å². The molecule has 25 heavy (non-hydrogen) atoms. The van der Waals surface area contributed by atoms with Gasteiger partial charge in [-0.25, -0.2) is 0 Å². The van der Waals surface area contributed by atoms with Crippen LogP contribution in [0.2, 0.25) is 0 Å². The fourth-order valence-electron chi connectivity index (χ4n) is 4.77. The third-order valence-electron chi connectivity index (χ3n) is 5.59. The second-order valence-electron chi connectivity index (χ2n) is 7.12. The summed E-state index contributed by atoms with van der Waals surface area (Å²) in [4.78, 5) is 38.9. The van der Waals surface area contributed by atoms with Crippen molar-refractivity contribution in [3.05, 3.63) is 34.3 Å². The van der Waals surface area contributed by atoms with Gasteiger partial charge in [-0.05, 0) is 39.3 Å². The molecule has 0 spiro atoms. The Morgan fingerprint density at radius 2 is 1.80 bits per heavy atom. The SMILES string of the molecule is CCOC(=O)[C@@]12C(=O)OC(C)(C)[C@@H]1[C@@]2(CC)C(=O)c1ccc(Br)cc1. The van der Waals surface area contributed by atoms with Gasteiger partial charge in [0.15, 0.2) is 11.2 Å². The van der Waals surface area contributed by atoms with E-state index in [9.17, 15) is 14.4 Å². The molecule has 1 heterocycles. The Kier molecular flexibility index (Phi) is 4.10. The molecule has 2 fully saturated rings. The maximum Gasteiger partial charge on any atom is 0.325 e. The fraction of sp³-hybridized carbons (Fsp3) is 0.526. The normalized spacial score (nSPS) is 31.9. The van der Waals surface area contributed by atoms with Crippen LogP contribution in [0.3, 0.4) is 0 Å². The quantitative estimate of drug-likeness (QED) is 0.423. The van der Waals surface area contributed by atoms with E-state index in [4.69, 9.17) is 9.47 Å². The highest BCUT2D eigenvalue weighted by molar-refractivity contribution is 9.10. The number of hydrogen-bond donors (Lipinski definition) is 0. The molecule has 0 radical (unpaired) electrons. The van der Waals surface area contributed by atoms with E-state index in [1.807, 2.05) is 6.92 Å². The Labute approximate surface area is 155 Å². The molecule has 5 nitrogen and oxygen atoms in total. The summed E-state index contributed by atoms with van der Waals surface area (Å²) in [7, 11) is 0. The number of fused-ring (bicyclic) bond motifs is 1. The van der Waals surface area contributed by atoms with Crippen LogP contribution in [0.4, 0.5) is 0 Å². The van der Waals surface area contributed by atoms with Crippen molar-refractivity contribution in [3.63, 3.8) is 0 Å². The van der Waals surface area contributed by atoms with E-state index in [2.05, 4.69) is 15.9 Å². The number of carbonyl (C=O) groups is 3. The van der Waals surface area contributed by atoms with Gasteiger partial charge in [-0.2, -0.15) is 0 Å². The van der Waals surface area contributed by atoms with Crippen LogP contribution in [0, 0.1) is 16.7 Å². The second kappa shape index (κ2) is 5.66. The summed E-state index contributed by atoms with van der Waals surface area (Å²) in [6.45, 7) is 7.17. The molecule has 1 aliphatic carbocycles. The van der Waals surface area contributed by atoms with E-state index >= 15 is 0 Å². The van der Waals surface area contributed by atoms with Gasteiger partial charge in [0.2, 0.25) is 0 Å². The van der Waals surface area contributed by atoms with Crippen molar-refractivity contribution in [2.45, 2.75) is 39.7 Å². The molecule has 3 atom stereocenters. The summed E-state index contributed by atoms with van der Waals surface area (Å²) in [5, 5.41) is 0. The van der Waals surface area contributed by atoms with Crippen molar-refractivity contribution in [2.75, 3.05) is 6.61 Å². The third-order valence-corrected chi connectivity index (χ3v) is 6.11. The van der Waals surface area contributed by atoms with Crippen LogP contribution < -0.4 is 0 Å². The monoisotopic (exact) mass is 408 g/mol. The predicted octanol–water partition coefficient (Wildman–Crippen LogP) is 3.54. The number of cyclic esters (lactones) is 1. The average molecular weight is 409 g/mol. The lowest BCUT2D eigenvalue weighted by Gasteiger charge is -2.28. The van der Waals surface area contributed by atoms with E-state index < -0.39 is 34.3 Å². The van der Waals surface area contributed by atoms with Crippen LogP contribution >= 0.6 is 15.9 Å². The van der Waals surface area contributed by atoms with Crippen LogP contribution in [-0.4, -0.2) is 29.9 Å². The summed E-state index contributed by atoms with van der Waals surface area (Å²) in [6, 6.07) is 6.95. The lowest BCUT2D eigenvalue weighted by atomic mass is 9.81. The highest BCUT2D eigenvalue weighted by Gasteiger charge is 2.95. The summed E-state index contributed by atoms with van der Waals surface area (Å²) in [5.41, 5.74) is -3.07. The number of hydrogen-bond acceptors (Lipinski definition) is 5. The molecule has 3 rings (SSSR count). The molecule has 1 saturated heterocycles. The van der Waals surface area contributed by atoms with Gasteiger partial charge in [0.25, 0.3) is 0 Å². The largest absolute Gasteiger partial charge is 0.465 e. The molecule has 1 aromatic carbocycles. The fourth-order valence-corrected chi connectivity index (χ4v) is 5.03. The molecule has 6 heteroatoms. The van der Waals surface area contributed by atoms with Crippen molar-refractivity contribution < 1.29 is 23.9 Å². The minimum atomic E-state index is -1.54. The van der Waals surface area contributed by atoms with Crippen molar-refractivity contribution in [1.82, 2.24) is 0 Å². The number of Topliss-reactive ketones (excluding diaryl/α,β-unsaturated/α-hetero) is 1. The zero-order valence-corrected chi connectivity index (χ0v) is 16.3. The van der Waals surface area contributed by atoms with Gasteiger partial charge in [-0.1, -0.05) is 35.0 Å². The van der Waals surface area contributed by atoms with E-state index in [0.29, 0.717) is 12.0 Å². The van der Waals surface area contributed by atoms with Gasteiger partial charge in [-0.3, -0.25) is 14.4 Å². The van der Waals surface area contributed by atoms with Gasteiger partial charge < -0.3 is 9.47 Å². The first-order chi connectivity index (χ1) is 11.7. The van der Waals surface area contributed by atoms with Crippen molar-refractivity contribution in [2.24, 2.45) is 16.7 Å². The minimum absolute atomic E-state index is 0.146. The molecule has 0 unspecified atom stereocenters. The second-order valence-corrected chi connectivity index (χ2v) is 8.03. The Bertz CT molecular complexity index is 754. The average Bonchev–Trinajstić information content (AvgIpc) is 3.15. The molecule has 0 N–H and O–H groups in total. The first kappa shape index (κ1) is 18.1. The zero-order chi connectivity index (χ0) is 18.6. The van der Waals surface area contributed by atoms with Gasteiger partial charge in [0.1, 0.15) is 5.60 Å². The number of ketones is 1. The Morgan fingerprint density at radius 3 is 2.32 bits per heavy atom. The molecular formula is C19H21BrO5. The van der Waals surface area contributed by atoms with Crippen molar-refractivity contribution >= 4 is 33.7 Å². The summed E-state index contributed by atoms with van der Waals surface area (Å²) < 4.78 is 11.5. The van der Waals surface area contributed by atoms with Crippen molar-refractivity contribution in [1.29, 1.82) is 0 Å². The van der Waals surface area contributed by atoms with Crippen LogP contribution in [0.15, 0.2) is 28.7 Å². The number of esters is 2. The van der Waals surface area contributed by atoms with E-state index in [-0.39, 0.29) is 12.4 Å². The lowest BCUT2D eigenvalue weighted by molar-refractivity contribution is -0.166. The van der Waals surface area contributed by atoms with E-state index in [1.54, 1.807) is 45.0 Å². The standard InChI is InChI=1S/C19H21BrO5/c1-5-18(13(21)11-7-9-12(20)10-8-11)14-17(3,4)25-16(23)19(14,18)15(22)24-6-2/h7-10,14H,5-6H2,1-4H3/t14-,18-,19-/m1/s1. The molecule has 0 aromatic heterocycles. The van der Waals surface area contributed by atoms with Crippen LogP contribution in [0.25, 0.3) is 0 Å². The Balaban J connectivity index is 2.14. The topological polar surface area (TPSA) is 69.7 Å². The van der Waals surface area contributed by atoms with Crippen molar-refractivity contribution in [3.8, 4) is 0 Å². The molecule has 1 aromatic rings. The minimum Gasteiger partial charge on any atom is -0.465 e. The number of rotatable bonds is 5. The Morgan fingerprint density at radius 1 is 1.20 bits per heavy atom. The lowest BCUT2D eigenvalue weighted by Crippen LogP contribution is -2.40. The summed E-state index contributed by atoms with van der Waals surface area (Å²) >= 11 is 3.35. The number of carbonyl (C=O) groups excluding carboxylic acids is 3. The molecule has 0 amide bonds.